The van der Waals surface area contributed by atoms with Gasteiger partial charge >= 0.3 is 0 Å². The first-order valence-corrected chi connectivity index (χ1v) is 4.63. The molecule has 1 atom stereocenters. The quantitative estimate of drug-likeness (QED) is 0.750. The Morgan fingerprint density at radius 2 is 2.50 bits per heavy atom. The van der Waals surface area contributed by atoms with Gasteiger partial charge in [-0.05, 0) is 18.1 Å². The predicted octanol–water partition coefficient (Wildman–Crippen LogP) is 0.695. The van der Waals surface area contributed by atoms with Crippen LogP contribution in [0.25, 0.3) is 0 Å². The molecule has 2 rings (SSSR count). The third kappa shape index (κ3) is 1.48. The Kier molecular flexibility index (Phi) is 2.45. The van der Waals surface area contributed by atoms with Crippen molar-refractivity contribution in [1.29, 1.82) is 0 Å². The van der Waals surface area contributed by atoms with Crippen LogP contribution in [0.4, 0.5) is 0 Å². The summed E-state index contributed by atoms with van der Waals surface area (Å²) in [5.41, 5.74) is 0.993. The van der Waals surface area contributed by atoms with Crippen molar-refractivity contribution >= 4 is 5.91 Å². The number of nitrogens with zero attached hydrogens (tertiary/aromatic N) is 2. The van der Waals surface area contributed by atoms with Gasteiger partial charge in [-0.25, -0.2) is 0 Å². The van der Waals surface area contributed by atoms with Gasteiger partial charge in [-0.2, -0.15) is 0 Å². The van der Waals surface area contributed by atoms with Crippen LogP contribution in [-0.2, 0) is 4.79 Å². The Morgan fingerprint density at radius 1 is 1.64 bits per heavy atom. The normalized spacial score (nSPS) is 21.6. The highest BCUT2D eigenvalue weighted by Gasteiger charge is 2.31. The number of amides is 1. The first-order chi connectivity index (χ1) is 6.83. The molecule has 0 spiro atoms. The SMILES string of the molecule is O=C1CCC(c2cccnc2)N1CO. The molecule has 1 amide bonds. The predicted molar refractivity (Wildman–Crippen MR) is 50.1 cm³/mol. The summed E-state index contributed by atoms with van der Waals surface area (Å²) in [6, 6.07) is 3.77. The molecule has 0 aromatic carbocycles. The van der Waals surface area contributed by atoms with Crippen LogP contribution >= 0.6 is 0 Å². The van der Waals surface area contributed by atoms with Crippen molar-refractivity contribution in [3.63, 3.8) is 0 Å². The second-order valence-corrected chi connectivity index (χ2v) is 3.35. The maximum absolute atomic E-state index is 11.3. The van der Waals surface area contributed by atoms with Crippen LogP contribution < -0.4 is 0 Å². The van der Waals surface area contributed by atoms with Crippen molar-refractivity contribution < 1.29 is 9.90 Å². The Hall–Kier alpha value is -1.42. The van der Waals surface area contributed by atoms with Gasteiger partial charge in [0.1, 0.15) is 6.73 Å². The van der Waals surface area contributed by atoms with E-state index in [1.54, 1.807) is 12.4 Å². The van der Waals surface area contributed by atoms with Crippen LogP contribution in [-0.4, -0.2) is 27.6 Å². The Balaban J connectivity index is 2.23. The monoisotopic (exact) mass is 192 g/mol. The van der Waals surface area contributed by atoms with Crippen LogP contribution in [0.15, 0.2) is 24.5 Å². The molecular weight excluding hydrogens is 180 g/mol. The summed E-state index contributed by atoms with van der Waals surface area (Å²) < 4.78 is 0. The van der Waals surface area contributed by atoms with E-state index in [1.165, 1.54) is 4.90 Å². The fourth-order valence-electron chi connectivity index (χ4n) is 1.83. The second kappa shape index (κ2) is 3.75. The lowest BCUT2D eigenvalue weighted by atomic mass is 10.1. The Morgan fingerprint density at radius 3 is 3.14 bits per heavy atom. The second-order valence-electron chi connectivity index (χ2n) is 3.35. The summed E-state index contributed by atoms with van der Waals surface area (Å²) in [5.74, 6) is 0.0151. The van der Waals surface area contributed by atoms with E-state index < -0.39 is 0 Å². The standard InChI is InChI=1S/C10H12N2O2/c13-7-12-9(3-4-10(12)14)8-2-1-5-11-6-8/h1-2,5-6,9,13H,3-4,7H2. The van der Waals surface area contributed by atoms with E-state index >= 15 is 0 Å². The Bertz CT molecular complexity index is 326. The van der Waals surface area contributed by atoms with Crippen molar-refractivity contribution in [1.82, 2.24) is 9.88 Å². The average Bonchev–Trinajstić information content (AvgIpc) is 2.61. The number of aromatic nitrogens is 1. The summed E-state index contributed by atoms with van der Waals surface area (Å²) in [5, 5.41) is 9.05. The number of likely N-dealkylation sites (tertiary alicyclic amines) is 1. The number of pyridine rings is 1. The highest BCUT2D eigenvalue weighted by atomic mass is 16.3. The van der Waals surface area contributed by atoms with Gasteiger partial charge in [-0.3, -0.25) is 9.78 Å². The van der Waals surface area contributed by atoms with Crippen LogP contribution in [0.3, 0.4) is 0 Å². The molecule has 1 aromatic heterocycles. The molecule has 1 saturated heterocycles. The number of rotatable bonds is 2. The van der Waals surface area contributed by atoms with Gasteiger partial charge in [0, 0.05) is 18.8 Å². The van der Waals surface area contributed by atoms with Crippen LogP contribution in [0.1, 0.15) is 24.4 Å². The van der Waals surface area contributed by atoms with Crippen LogP contribution in [0.2, 0.25) is 0 Å². The van der Waals surface area contributed by atoms with Crippen molar-refractivity contribution in [3.05, 3.63) is 30.1 Å². The van der Waals surface area contributed by atoms with Crippen LogP contribution in [0, 0.1) is 0 Å². The van der Waals surface area contributed by atoms with Gasteiger partial charge in [-0.15, -0.1) is 0 Å². The number of aliphatic hydroxyl groups is 1. The molecular formula is C10H12N2O2. The molecule has 4 nitrogen and oxygen atoms in total. The third-order valence-corrected chi connectivity index (χ3v) is 2.55. The van der Waals surface area contributed by atoms with E-state index in [4.69, 9.17) is 5.11 Å². The zero-order valence-electron chi connectivity index (χ0n) is 7.76. The summed E-state index contributed by atoms with van der Waals surface area (Å²) in [6.07, 6.45) is 4.72. The molecule has 74 valence electrons. The van der Waals surface area contributed by atoms with Crippen molar-refractivity contribution in [2.24, 2.45) is 0 Å². The number of carbonyl (C=O) groups is 1. The number of hydrogen-bond acceptors (Lipinski definition) is 3. The molecule has 0 radical (unpaired) electrons. The van der Waals surface area contributed by atoms with E-state index in [1.807, 2.05) is 12.1 Å². The molecule has 1 N–H and O–H groups in total. The Labute approximate surface area is 82.2 Å². The molecule has 0 bridgehead atoms. The molecule has 0 aliphatic carbocycles. The molecule has 1 aliphatic heterocycles. The minimum atomic E-state index is -0.210. The number of hydrogen-bond donors (Lipinski definition) is 1. The lowest BCUT2D eigenvalue weighted by Crippen LogP contribution is -2.28. The van der Waals surface area contributed by atoms with Gasteiger partial charge in [-0.1, -0.05) is 6.07 Å². The van der Waals surface area contributed by atoms with E-state index in [0.29, 0.717) is 6.42 Å². The minimum absolute atomic E-state index is 0.00111. The largest absolute Gasteiger partial charge is 0.376 e. The maximum Gasteiger partial charge on any atom is 0.224 e. The van der Waals surface area contributed by atoms with Crippen molar-refractivity contribution in [2.45, 2.75) is 18.9 Å². The molecule has 14 heavy (non-hydrogen) atoms. The van der Waals surface area contributed by atoms with Crippen molar-refractivity contribution in [2.75, 3.05) is 6.73 Å². The first-order valence-electron chi connectivity index (χ1n) is 4.63. The average molecular weight is 192 g/mol. The van der Waals surface area contributed by atoms with Gasteiger partial charge in [0.25, 0.3) is 0 Å². The maximum atomic E-state index is 11.3. The van der Waals surface area contributed by atoms with E-state index in [0.717, 1.165) is 12.0 Å². The van der Waals surface area contributed by atoms with E-state index in [9.17, 15) is 4.79 Å². The lowest BCUT2D eigenvalue weighted by molar-refractivity contribution is -0.132. The smallest absolute Gasteiger partial charge is 0.224 e. The van der Waals surface area contributed by atoms with Crippen LogP contribution in [0.5, 0.6) is 0 Å². The zero-order valence-corrected chi connectivity index (χ0v) is 7.76. The van der Waals surface area contributed by atoms with Gasteiger partial charge < -0.3 is 10.0 Å². The number of aliphatic hydroxyl groups excluding tert-OH is 1. The molecule has 2 heterocycles. The molecule has 4 heteroatoms. The van der Waals surface area contributed by atoms with Gasteiger partial charge in [0.05, 0.1) is 6.04 Å². The molecule has 1 unspecified atom stereocenters. The summed E-state index contributed by atoms with van der Waals surface area (Å²) in [7, 11) is 0. The van der Waals surface area contributed by atoms with Gasteiger partial charge in [0.2, 0.25) is 5.91 Å². The third-order valence-electron chi connectivity index (χ3n) is 2.55. The highest BCUT2D eigenvalue weighted by Crippen LogP contribution is 2.31. The fourth-order valence-corrected chi connectivity index (χ4v) is 1.83. The highest BCUT2D eigenvalue weighted by molar-refractivity contribution is 5.78. The molecule has 1 aromatic rings. The summed E-state index contributed by atoms with van der Waals surface area (Å²) >= 11 is 0. The molecule has 1 aliphatic rings. The first kappa shape index (κ1) is 9.15. The lowest BCUT2D eigenvalue weighted by Gasteiger charge is -2.21. The van der Waals surface area contributed by atoms with Crippen molar-refractivity contribution in [3.8, 4) is 0 Å². The summed E-state index contributed by atoms with van der Waals surface area (Å²) in [6.45, 7) is -0.210. The summed E-state index contributed by atoms with van der Waals surface area (Å²) in [4.78, 5) is 16.8. The number of carbonyl (C=O) groups excluding carboxylic acids is 1. The zero-order chi connectivity index (χ0) is 9.97. The van der Waals surface area contributed by atoms with E-state index in [2.05, 4.69) is 4.98 Å². The minimum Gasteiger partial charge on any atom is -0.376 e. The van der Waals surface area contributed by atoms with Gasteiger partial charge in [0.15, 0.2) is 0 Å². The van der Waals surface area contributed by atoms with E-state index in [-0.39, 0.29) is 18.7 Å². The molecule has 1 fully saturated rings. The molecule has 0 saturated carbocycles. The fraction of sp³-hybridized carbons (Fsp3) is 0.400. The topological polar surface area (TPSA) is 53.4 Å².